The van der Waals surface area contributed by atoms with Crippen LogP contribution in [0.15, 0.2) is 12.4 Å². The van der Waals surface area contributed by atoms with Crippen molar-refractivity contribution >= 4 is 0 Å². The molecule has 0 fully saturated rings. The van der Waals surface area contributed by atoms with Crippen molar-refractivity contribution in [3.63, 3.8) is 0 Å². The molecule has 0 aliphatic rings. The summed E-state index contributed by atoms with van der Waals surface area (Å²) >= 11 is 0. The summed E-state index contributed by atoms with van der Waals surface area (Å²) < 4.78 is 36.4. The van der Waals surface area contributed by atoms with Gasteiger partial charge in [0, 0.05) is 18.8 Å². The third-order valence-electron chi connectivity index (χ3n) is 1.36. The van der Waals surface area contributed by atoms with Crippen molar-refractivity contribution < 1.29 is 13.2 Å². The van der Waals surface area contributed by atoms with Gasteiger partial charge in [0.2, 0.25) is 0 Å². The highest BCUT2D eigenvalue weighted by molar-refractivity contribution is 4.94. The van der Waals surface area contributed by atoms with Crippen LogP contribution in [0.2, 0.25) is 0 Å². The van der Waals surface area contributed by atoms with Crippen LogP contribution in [0.5, 0.6) is 0 Å². The lowest BCUT2D eigenvalue weighted by atomic mass is 10.4. The van der Waals surface area contributed by atoms with Crippen LogP contribution in [0.25, 0.3) is 0 Å². The summed E-state index contributed by atoms with van der Waals surface area (Å²) in [5, 5.41) is 0. The van der Waals surface area contributed by atoms with E-state index in [-0.39, 0.29) is 23.4 Å². The lowest BCUT2D eigenvalue weighted by Crippen LogP contribution is -2.20. The molecular formula is C6H8F3N3. The first kappa shape index (κ1) is 9.05. The molecule has 0 aliphatic carbocycles. The van der Waals surface area contributed by atoms with Gasteiger partial charge in [-0.05, 0) is 6.54 Å². The fourth-order valence-corrected chi connectivity index (χ4v) is 0.879. The number of nitrogens with two attached hydrogens (primary N) is 1. The van der Waals surface area contributed by atoms with Gasteiger partial charge in [-0.1, -0.05) is 0 Å². The Morgan fingerprint density at radius 3 is 2.67 bits per heavy atom. The molecule has 1 aromatic heterocycles. The number of nitrogens with zero attached hydrogens (tertiary/aromatic N) is 2. The predicted molar refractivity (Wildman–Crippen MR) is 36.3 cm³/mol. The zero-order chi connectivity index (χ0) is 9.19. The van der Waals surface area contributed by atoms with E-state index in [1.165, 1.54) is 0 Å². The van der Waals surface area contributed by atoms with E-state index in [0.29, 0.717) is 0 Å². The summed E-state index contributed by atoms with van der Waals surface area (Å²) in [6, 6.07) is 0. The van der Waals surface area contributed by atoms with Crippen LogP contribution >= 0.6 is 0 Å². The molecule has 2 N–H and O–H groups in total. The van der Waals surface area contributed by atoms with Crippen LogP contribution in [0.4, 0.5) is 13.2 Å². The van der Waals surface area contributed by atoms with Crippen molar-refractivity contribution in [2.24, 2.45) is 5.73 Å². The quantitative estimate of drug-likeness (QED) is 0.731. The summed E-state index contributed by atoms with van der Waals surface area (Å²) in [5.74, 6) is -0.0509. The number of rotatable bonds is 2. The molecule has 3 nitrogen and oxygen atoms in total. The van der Waals surface area contributed by atoms with Crippen LogP contribution in [0.3, 0.4) is 0 Å². The minimum absolute atomic E-state index is 0.0509. The molecule has 0 spiro atoms. The van der Waals surface area contributed by atoms with E-state index in [1.807, 2.05) is 0 Å². The second kappa shape index (κ2) is 3.14. The monoisotopic (exact) mass is 179 g/mol. The summed E-state index contributed by atoms with van der Waals surface area (Å²) in [6.45, 7) is 0.160. The smallest absolute Gasteiger partial charge is 0.330 e. The van der Waals surface area contributed by atoms with Gasteiger partial charge >= 0.3 is 6.30 Å². The average Bonchev–Trinajstić information content (AvgIpc) is 2.34. The fraction of sp³-hybridized carbons (Fsp3) is 0.500. The minimum atomic E-state index is -4.39. The minimum Gasteiger partial charge on any atom is -0.330 e. The second-order valence-electron chi connectivity index (χ2n) is 2.22. The molecule has 0 aliphatic heterocycles. The van der Waals surface area contributed by atoms with Gasteiger partial charge in [0.05, 0.1) is 0 Å². The third-order valence-corrected chi connectivity index (χ3v) is 1.36. The van der Waals surface area contributed by atoms with Crippen LogP contribution in [-0.4, -0.2) is 16.1 Å². The Kier molecular flexibility index (Phi) is 2.37. The van der Waals surface area contributed by atoms with Crippen molar-refractivity contribution in [2.45, 2.75) is 12.7 Å². The molecule has 12 heavy (non-hydrogen) atoms. The topological polar surface area (TPSA) is 43.8 Å². The largest absolute Gasteiger partial charge is 0.489 e. The van der Waals surface area contributed by atoms with Crippen molar-refractivity contribution in [1.82, 2.24) is 9.55 Å². The van der Waals surface area contributed by atoms with Gasteiger partial charge in [-0.2, -0.15) is 0 Å². The first-order chi connectivity index (χ1) is 5.55. The van der Waals surface area contributed by atoms with E-state index in [9.17, 15) is 13.2 Å². The maximum absolute atomic E-state index is 12.1. The van der Waals surface area contributed by atoms with E-state index < -0.39 is 6.30 Å². The fourth-order valence-electron chi connectivity index (χ4n) is 0.879. The molecule has 0 bridgehead atoms. The van der Waals surface area contributed by atoms with Gasteiger partial charge in [-0.3, -0.25) is 0 Å². The zero-order valence-electron chi connectivity index (χ0n) is 6.17. The molecule has 0 saturated heterocycles. The van der Waals surface area contributed by atoms with Gasteiger partial charge in [0.15, 0.2) is 0 Å². The molecule has 0 aromatic carbocycles. The molecule has 0 radical (unpaired) electrons. The molecule has 1 heterocycles. The zero-order valence-corrected chi connectivity index (χ0v) is 6.17. The summed E-state index contributed by atoms with van der Waals surface area (Å²) in [6.07, 6.45) is -2.27. The molecule has 0 amide bonds. The Labute approximate surface area is 67.0 Å². The normalized spacial score (nSPS) is 12.0. The van der Waals surface area contributed by atoms with Gasteiger partial charge in [0.1, 0.15) is 5.82 Å². The van der Waals surface area contributed by atoms with E-state index in [0.717, 1.165) is 12.4 Å². The van der Waals surface area contributed by atoms with Crippen LogP contribution < -0.4 is 5.73 Å². The van der Waals surface area contributed by atoms with Crippen molar-refractivity contribution in [3.8, 4) is 0 Å². The number of alkyl halides is 3. The van der Waals surface area contributed by atoms with Crippen molar-refractivity contribution in [1.29, 1.82) is 0 Å². The number of hydrogen-bond donors (Lipinski definition) is 1. The molecule has 1 rings (SSSR count). The van der Waals surface area contributed by atoms with Gasteiger partial charge in [-0.25, -0.2) is 9.55 Å². The van der Waals surface area contributed by atoms with Gasteiger partial charge in [-0.15, -0.1) is 13.2 Å². The molecule has 1 aromatic rings. The Balaban J connectivity index is 2.91. The molecule has 68 valence electrons. The SMILES string of the molecule is NCCc1nccn1C(F)(F)F. The Morgan fingerprint density at radius 1 is 1.50 bits per heavy atom. The summed E-state index contributed by atoms with van der Waals surface area (Å²) in [7, 11) is 0. The highest BCUT2D eigenvalue weighted by Gasteiger charge is 2.32. The highest BCUT2D eigenvalue weighted by atomic mass is 19.4. The molecule has 0 atom stereocenters. The molecular weight excluding hydrogens is 171 g/mol. The van der Waals surface area contributed by atoms with Crippen molar-refractivity contribution in [3.05, 3.63) is 18.2 Å². The highest BCUT2D eigenvalue weighted by Crippen LogP contribution is 2.23. The van der Waals surface area contributed by atoms with E-state index in [1.54, 1.807) is 0 Å². The van der Waals surface area contributed by atoms with Crippen LogP contribution in [0, 0.1) is 0 Å². The summed E-state index contributed by atoms with van der Waals surface area (Å²) in [5.41, 5.74) is 5.11. The molecule has 0 unspecified atom stereocenters. The lowest BCUT2D eigenvalue weighted by Gasteiger charge is -2.09. The van der Waals surface area contributed by atoms with E-state index >= 15 is 0 Å². The molecule has 6 heteroatoms. The van der Waals surface area contributed by atoms with Gasteiger partial charge in [0.25, 0.3) is 0 Å². The van der Waals surface area contributed by atoms with Crippen LogP contribution in [0.1, 0.15) is 5.82 Å². The van der Waals surface area contributed by atoms with Gasteiger partial charge < -0.3 is 5.73 Å². The Hall–Kier alpha value is -1.04. The first-order valence-corrected chi connectivity index (χ1v) is 3.35. The number of imidazole rings is 1. The lowest BCUT2D eigenvalue weighted by molar-refractivity contribution is -0.205. The second-order valence-corrected chi connectivity index (χ2v) is 2.22. The van der Waals surface area contributed by atoms with E-state index in [4.69, 9.17) is 5.73 Å². The maximum Gasteiger partial charge on any atom is 0.489 e. The van der Waals surface area contributed by atoms with E-state index in [2.05, 4.69) is 4.98 Å². The Morgan fingerprint density at radius 2 is 2.17 bits per heavy atom. The van der Waals surface area contributed by atoms with Crippen LogP contribution in [-0.2, 0) is 12.7 Å². The maximum atomic E-state index is 12.1. The molecule has 0 saturated carbocycles. The average molecular weight is 179 g/mol. The predicted octanol–water partition coefficient (Wildman–Crippen LogP) is 0.861. The van der Waals surface area contributed by atoms with Crippen molar-refractivity contribution in [2.75, 3.05) is 6.54 Å². The number of halogens is 3. The Bertz CT molecular complexity index is 253. The first-order valence-electron chi connectivity index (χ1n) is 3.35. The number of aromatic nitrogens is 2. The number of hydrogen-bond acceptors (Lipinski definition) is 2. The standard InChI is InChI=1S/C6H8F3N3/c7-6(8,9)12-4-3-11-5(12)1-2-10/h3-4H,1-2,10H2. The summed E-state index contributed by atoms with van der Waals surface area (Å²) in [4.78, 5) is 3.54. The third kappa shape index (κ3) is 1.76.